The number of hydrogen-bond acceptors (Lipinski definition) is 5. The fourth-order valence-electron chi connectivity index (χ4n) is 3.25. The highest BCUT2D eigenvalue weighted by atomic mass is 32.2. The fourth-order valence-corrected chi connectivity index (χ4v) is 4.55. The first-order chi connectivity index (χ1) is 13.3. The molecule has 1 aliphatic carbocycles. The van der Waals surface area contributed by atoms with Crippen molar-refractivity contribution in [2.75, 3.05) is 13.2 Å². The maximum absolute atomic E-state index is 12.4. The molecule has 2 aromatic carbocycles. The normalized spacial score (nSPS) is 13.2. The Morgan fingerprint density at radius 1 is 1.04 bits per heavy atom. The van der Waals surface area contributed by atoms with E-state index in [-0.39, 0.29) is 10.7 Å². The van der Waals surface area contributed by atoms with Crippen LogP contribution in [0, 0.1) is 13.8 Å². The summed E-state index contributed by atoms with van der Waals surface area (Å²) in [6.07, 6.45) is 3.07. The molecule has 0 spiro atoms. The molecule has 0 aromatic heterocycles. The van der Waals surface area contributed by atoms with Crippen molar-refractivity contribution in [1.82, 2.24) is 4.72 Å². The van der Waals surface area contributed by atoms with Gasteiger partial charge in [0, 0.05) is 5.56 Å². The van der Waals surface area contributed by atoms with Gasteiger partial charge < -0.3 is 4.74 Å². The molecule has 28 heavy (non-hydrogen) atoms. The molecule has 1 N–H and O–H groups in total. The molecule has 0 aliphatic heterocycles. The van der Waals surface area contributed by atoms with E-state index in [1.54, 1.807) is 32.0 Å². The van der Waals surface area contributed by atoms with Gasteiger partial charge in [0.2, 0.25) is 10.0 Å². The number of carbonyl (C=O) groups excluding carboxylic acids is 2. The zero-order valence-corrected chi connectivity index (χ0v) is 16.8. The van der Waals surface area contributed by atoms with Crippen LogP contribution in [-0.2, 0) is 32.4 Å². The second kappa shape index (κ2) is 8.24. The number of ether oxygens (including phenoxy) is 1. The molecule has 0 radical (unpaired) electrons. The first kappa shape index (κ1) is 20.2. The van der Waals surface area contributed by atoms with E-state index in [0.29, 0.717) is 11.1 Å². The average molecular weight is 401 g/mol. The van der Waals surface area contributed by atoms with Crippen molar-refractivity contribution in [3.63, 3.8) is 0 Å². The summed E-state index contributed by atoms with van der Waals surface area (Å²) in [6, 6.07) is 10.6. The van der Waals surface area contributed by atoms with Gasteiger partial charge in [-0.15, -0.1) is 0 Å². The van der Waals surface area contributed by atoms with E-state index in [1.807, 2.05) is 18.2 Å². The Kier molecular flexibility index (Phi) is 5.96. The van der Waals surface area contributed by atoms with Crippen molar-refractivity contribution in [3.05, 3.63) is 64.2 Å². The molecular formula is C21H23NO5S. The highest BCUT2D eigenvalue weighted by Gasteiger charge is 2.20. The number of carbonyl (C=O) groups is 2. The highest BCUT2D eigenvalue weighted by molar-refractivity contribution is 7.89. The summed E-state index contributed by atoms with van der Waals surface area (Å²) < 4.78 is 32.0. The minimum absolute atomic E-state index is 0.120. The van der Waals surface area contributed by atoms with Crippen LogP contribution in [0.2, 0.25) is 0 Å². The molecule has 2 aromatic rings. The summed E-state index contributed by atoms with van der Waals surface area (Å²) in [4.78, 5) is 24.3. The van der Waals surface area contributed by atoms with E-state index in [0.717, 1.165) is 24.8 Å². The molecule has 0 atom stereocenters. The molecule has 0 saturated heterocycles. The number of rotatable bonds is 7. The summed E-state index contributed by atoms with van der Waals surface area (Å²) >= 11 is 0. The van der Waals surface area contributed by atoms with E-state index in [1.165, 1.54) is 11.1 Å². The van der Waals surface area contributed by atoms with Gasteiger partial charge in [-0.3, -0.25) is 9.59 Å². The maximum Gasteiger partial charge on any atom is 0.321 e. The largest absolute Gasteiger partial charge is 0.456 e. The zero-order valence-electron chi connectivity index (χ0n) is 15.9. The molecule has 0 unspecified atom stereocenters. The number of sulfonamides is 1. The van der Waals surface area contributed by atoms with E-state index in [4.69, 9.17) is 4.74 Å². The lowest BCUT2D eigenvalue weighted by Gasteiger charge is -2.10. The van der Waals surface area contributed by atoms with Crippen LogP contribution in [0.15, 0.2) is 41.3 Å². The van der Waals surface area contributed by atoms with Crippen molar-refractivity contribution in [2.24, 2.45) is 0 Å². The van der Waals surface area contributed by atoms with Crippen LogP contribution >= 0.6 is 0 Å². The Balaban J connectivity index is 1.54. The van der Waals surface area contributed by atoms with Gasteiger partial charge >= 0.3 is 5.97 Å². The van der Waals surface area contributed by atoms with Crippen molar-refractivity contribution in [3.8, 4) is 0 Å². The molecule has 1 aliphatic rings. The van der Waals surface area contributed by atoms with Gasteiger partial charge in [0.25, 0.3) is 0 Å². The third kappa shape index (κ3) is 4.66. The molecule has 0 saturated carbocycles. The summed E-state index contributed by atoms with van der Waals surface area (Å²) in [7, 11) is -3.84. The Bertz CT molecular complexity index is 1030. The lowest BCUT2D eigenvalue weighted by atomic mass is 10.0. The van der Waals surface area contributed by atoms with Gasteiger partial charge in [0.15, 0.2) is 12.4 Å². The van der Waals surface area contributed by atoms with Crippen molar-refractivity contribution in [2.45, 2.75) is 38.0 Å². The molecule has 6 nitrogen and oxygen atoms in total. The van der Waals surface area contributed by atoms with Gasteiger partial charge in [0.05, 0.1) is 4.90 Å². The van der Waals surface area contributed by atoms with E-state index in [2.05, 4.69) is 4.72 Å². The lowest BCUT2D eigenvalue weighted by Crippen LogP contribution is -2.32. The second-order valence-corrected chi connectivity index (χ2v) is 8.75. The van der Waals surface area contributed by atoms with Crippen LogP contribution in [0.5, 0.6) is 0 Å². The Morgan fingerprint density at radius 3 is 2.57 bits per heavy atom. The number of fused-ring (bicyclic) bond motifs is 1. The maximum atomic E-state index is 12.4. The van der Waals surface area contributed by atoms with Crippen molar-refractivity contribution < 1.29 is 22.7 Å². The topological polar surface area (TPSA) is 89.5 Å². The number of ketones is 1. The van der Waals surface area contributed by atoms with Crippen molar-refractivity contribution >= 4 is 21.8 Å². The van der Waals surface area contributed by atoms with Crippen LogP contribution in [-0.4, -0.2) is 33.3 Å². The molecule has 0 heterocycles. The standard InChI is InChI=1S/C21H23NO5S/c1-14-6-7-15(2)20(10-14)28(25,26)22-12-21(24)27-13-19(23)18-9-8-16-4-3-5-17(16)11-18/h6-11,22H,3-5,12-13H2,1-2H3. The lowest BCUT2D eigenvalue weighted by molar-refractivity contribution is -0.141. The van der Waals surface area contributed by atoms with E-state index < -0.39 is 29.1 Å². The quantitative estimate of drug-likeness (QED) is 0.569. The highest BCUT2D eigenvalue weighted by Crippen LogP contribution is 2.23. The molecule has 0 bridgehead atoms. The number of nitrogens with one attached hydrogen (secondary N) is 1. The van der Waals surface area contributed by atoms with Crippen LogP contribution in [0.25, 0.3) is 0 Å². The smallest absolute Gasteiger partial charge is 0.321 e. The average Bonchev–Trinajstić information content (AvgIpc) is 3.14. The summed E-state index contributed by atoms with van der Waals surface area (Å²) in [6.45, 7) is 2.52. The number of esters is 1. The van der Waals surface area contributed by atoms with Crippen molar-refractivity contribution in [1.29, 1.82) is 0 Å². The third-order valence-electron chi connectivity index (χ3n) is 4.82. The van der Waals surface area contributed by atoms with E-state index >= 15 is 0 Å². The first-order valence-electron chi connectivity index (χ1n) is 9.14. The molecule has 0 fully saturated rings. The van der Waals surface area contributed by atoms with Crippen LogP contribution in [0.3, 0.4) is 0 Å². The summed E-state index contributed by atoms with van der Waals surface area (Å²) in [5.74, 6) is -1.11. The number of aryl methyl sites for hydroxylation is 4. The Labute approximate surface area is 165 Å². The van der Waals surface area contributed by atoms with Gasteiger partial charge in [-0.25, -0.2) is 8.42 Å². The first-order valence-corrected chi connectivity index (χ1v) is 10.6. The second-order valence-electron chi connectivity index (χ2n) is 7.01. The minimum atomic E-state index is -3.84. The Morgan fingerprint density at radius 2 is 1.79 bits per heavy atom. The Hall–Kier alpha value is -2.51. The number of Topliss-reactive ketones (excluding diaryl/α,β-unsaturated/α-hetero) is 1. The fraction of sp³-hybridized carbons (Fsp3) is 0.333. The van der Waals surface area contributed by atoms with Gasteiger partial charge in [-0.05, 0) is 67.5 Å². The molecule has 7 heteroatoms. The van der Waals surface area contributed by atoms with Crippen LogP contribution in [0.4, 0.5) is 0 Å². The molecule has 148 valence electrons. The van der Waals surface area contributed by atoms with Gasteiger partial charge in [-0.2, -0.15) is 4.72 Å². The predicted molar refractivity (Wildman–Crippen MR) is 105 cm³/mol. The summed E-state index contributed by atoms with van der Waals surface area (Å²) in [5, 5.41) is 0. The molecule has 3 rings (SSSR count). The van der Waals surface area contributed by atoms with E-state index in [9.17, 15) is 18.0 Å². The number of hydrogen-bond donors (Lipinski definition) is 1. The SMILES string of the molecule is Cc1ccc(C)c(S(=O)(=O)NCC(=O)OCC(=O)c2ccc3c(c2)CCC3)c1. The van der Waals surface area contributed by atoms with Crippen LogP contribution < -0.4 is 4.72 Å². The third-order valence-corrected chi connectivity index (χ3v) is 6.37. The minimum Gasteiger partial charge on any atom is -0.456 e. The molecule has 0 amide bonds. The predicted octanol–water partition coefficient (Wildman–Crippen LogP) is 2.50. The monoisotopic (exact) mass is 401 g/mol. The summed E-state index contributed by atoms with van der Waals surface area (Å²) in [5.41, 5.74) is 4.31. The van der Waals surface area contributed by atoms with Crippen LogP contribution in [0.1, 0.15) is 39.0 Å². The van der Waals surface area contributed by atoms with Gasteiger partial charge in [-0.1, -0.05) is 24.3 Å². The zero-order chi connectivity index (χ0) is 20.3. The molecular weight excluding hydrogens is 378 g/mol. The number of benzene rings is 2. The van der Waals surface area contributed by atoms with Gasteiger partial charge in [0.1, 0.15) is 6.54 Å².